The minimum atomic E-state index is -1.84. The Labute approximate surface area is 147 Å². The van der Waals surface area contributed by atoms with Crippen molar-refractivity contribution in [2.24, 2.45) is 0 Å². The van der Waals surface area contributed by atoms with Gasteiger partial charge in [-0.3, -0.25) is 4.79 Å². The fourth-order valence-electron chi connectivity index (χ4n) is 2.95. The average Bonchev–Trinajstić information content (AvgIpc) is 3.34. The van der Waals surface area contributed by atoms with Gasteiger partial charge in [0.25, 0.3) is 11.8 Å². The van der Waals surface area contributed by atoms with Crippen molar-refractivity contribution in [2.75, 3.05) is 13.1 Å². The quantitative estimate of drug-likeness (QED) is 0.718. The highest BCUT2D eigenvalue weighted by molar-refractivity contribution is 7.07. The van der Waals surface area contributed by atoms with Crippen molar-refractivity contribution < 1.29 is 13.7 Å². The molecule has 1 saturated heterocycles. The third-order valence-electron chi connectivity index (χ3n) is 4.22. The van der Waals surface area contributed by atoms with E-state index in [1.54, 1.807) is 10.9 Å². The molecule has 0 saturated carbocycles. The van der Waals surface area contributed by atoms with Crippen LogP contribution in [0.15, 0.2) is 45.7 Å². The lowest BCUT2D eigenvalue weighted by atomic mass is 9.94. The molecule has 25 heavy (non-hydrogen) atoms. The fourth-order valence-corrected chi connectivity index (χ4v) is 3.47. The molecular weight excluding hydrogens is 343 g/mol. The maximum Gasteiger partial charge on any atom is 0.273 e. The number of hydrogen-bond acceptors (Lipinski definition) is 6. The van der Waals surface area contributed by atoms with E-state index in [0.29, 0.717) is 24.5 Å². The lowest BCUT2D eigenvalue weighted by molar-refractivity contribution is 0.0150. The molecule has 4 rings (SSSR count). The Hall–Kier alpha value is -2.61. The summed E-state index contributed by atoms with van der Waals surface area (Å²) < 4.78 is 20.7. The molecule has 1 aliphatic rings. The molecule has 0 radical (unpaired) electrons. The van der Waals surface area contributed by atoms with Crippen LogP contribution in [0.5, 0.6) is 0 Å². The highest BCUT2D eigenvalue weighted by Crippen LogP contribution is 2.36. The molecule has 3 aromatic rings. The highest BCUT2D eigenvalue weighted by atomic mass is 32.1. The van der Waals surface area contributed by atoms with E-state index in [1.807, 2.05) is 30.3 Å². The van der Waals surface area contributed by atoms with Crippen molar-refractivity contribution in [2.45, 2.75) is 18.5 Å². The summed E-state index contributed by atoms with van der Waals surface area (Å²) in [6.07, 6.45) is 0.764. The Morgan fingerprint density at radius 3 is 2.92 bits per heavy atom. The van der Waals surface area contributed by atoms with Gasteiger partial charge >= 0.3 is 0 Å². The first-order chi connectivity index (χ1) is 12.2. The maximum absolute atomic E-state index is 15.5. The number of carbonyl (C=O) groups excluding carboxylic acids is 1. The van der Waals surface area contributed by atoms with Gasteiger partial charge in [0.05, 0.1) is 12.1 Å². The lowest BCUT2D eigenvalue weighted by Gasteiger charge is -2.34. The van der Waals surface area contributed by atoms with E-state index >= 15 is 4.39 Å². The summed E-state index contributed by atoms with van der Waals surface area (Å²) in [6.45, 7) is 0.376. The van der Waals surface area contributed by atoms with Gasteiger partial charge in [-0.2, -0.15) is 4.98 Å². The van der Waals surface area contributed by atoms with Crippen LogP contribution in [0.1, 0.15) is 29.2 Å². The van der Waals surface area contributed by atoms with Crippen molar-refractivity contribution in [1.82, 2.24) is 20.0 Å². The van der Waals surface area contributed by atoms with Crippen molar-refractivity contribution >= 4 is 17.2 Å². The predicted molar refractivity (Wildman–Crippen MR) is 89.8 cm³/mol. The van der Waals surface area contributed by atoms with Gasteiger partial charge in [-0.25, -0.2) is 9.37 Å². The zero-order valence-electron chi connectivity index (χ0n) is 13.3. The van der Waals surface area contributed by atoms with Crippen LogP contribution in [0.25, 0.3) is 11.4 Å². The first kappa shape index (κ1) is 15.9. The number of rotatable bonds is 3. The second kappa shape index (κ2) is 6.36. The number of likely N-dealkylation sites (tertiary alicyclic amines) is 1. The normalized spacial score (nSPS) is 20.6. The number of amides is 1. The first-order valence-corrected chi connectivity index (χ1v) is 8.86. The molecule has 0 spiro atoms. The Morgan fingerprint density at radius 1 is 1.32 bits per heavy atom. The lowest BCUT2D eigenvalue weighted by Crippen LogP contribution is -2.46. The van der Waals surface area contributed by atoms with Gasteiger partial charge in [-0.05, 0) is 12.8 Å². The molecule has 1 atom stereocenters. The molecule has 2 aromatic heterocycles. The number of nitrogens with zero attached hydrogens (tertiary/aromatic N) is 4. The average molecular weight is 358 g/mol. The molecule has 8 heteroatoms. The van der Waals surface area contributed by atoms with Crippen LogP contribution in [0, 0.1) is 0 Å². The van der Waals surface area contributed by atoms with Crippen molar-refractivity contribution in [3.05, 3.63) is 52.8 Å². The van der Waals surface area contributed by atoms with Gasteiger partial charge in [-0.1, -0.05) is 35.5 Å². The van der Waals surface area contributed by atoms with Crippen LogP contribution in [-0.4, -0.2) is 39.0 Å². The first-order valence-electron chi connectivity index (χ1n) is 7.92. The van der Waals surface area contributed by atoms with E-state index < -0.39 is 5.67 Å². The predicted octanol–water partition coefficient (Wildman–Crippen LogP) is 3.29. The van der Waals surface area contributed by atoms with Crippen molar-refractivity contribution in [3.63, 3.8) is 0 Å². The third kappa shape index (κ3) is 3.05. The summed E-state index contributed by atoms with van der Waals surface area (Å²) in [5.74, 6) is -0.0107. The number of alkyl halides is 1. The topological polar surface area (TPSA) is 72.1 Å². The molecule has 0 aliphatic carbocycles. The molecule has 0 bridgehead atoms. The van der Waals surface area contributed by atoms with Gasteiger partial charge in [0, 0.05) is 17.5 Å². The molecule has 3 heterocycles. The van der Waals surface area contributed by atoms with Crippen LogP contribution in [0.3, 0.4) is 0 Å². The zero-order chi connectivity index (χ0) is 17.3. The summed E-state index contributed by atoms with van der Waals surface area (Å²) in [6, 6.07) is 9.25. The number of benzene rings is 1. The molecule has 1 fully saturated rings. The zero-order valence-corrected chi connectivity index (χ0v) is 14.1. The van der Waals surface area contributed by atoms with Crippen molar-refractivity contribution in [3.8, 4) is 11.4 Å². The summed E-state index contributed by atoms with van der Waals surface area (Å²) in [4.78, 5) is 22.1. The number of carbonyl (C=O) groups is 1. The van der Waals surface area contributed by atoms with E-state index in [0.717, 1.165) is 5.56 Å². The fraction of sp³-hybridized carbons (Fsp3) is 0.294. The molecule has 1 aliphatic heterocycles. The van der Waals surface area contributed by atoms with Crippen LogP contribution >= 0.6 is 11.3 Å². The van der Waals surface area contributed by atoms with E-state index in [-0.39, 0.29) is 24.8 Å². The molecule has 1 amide bonds. The summed E-state index contributed by atoms with van der Waals surface area (Å²) in [5.41, 5.74) is 0.839. The van der Waals surface area contributed by atoms with Crippen LogP contribution in [-0.2, 0) is 5.67 Å². The molecule has 1 aromatic carbocycles. The molecule has 128 valence electrons. The van der Waals surface area contributed by atoms with Gasteiger partial charge in [0.15, 0.2) is 0 Å². The van der Waals surface area contributed by atoms with Crippen LogP contribution < -0.4 is 0 Å². The smallest absolute Gasteiger partial charge is 0.273 e. The second-order valence-electron chi connectivity index (χ2n) is 5.96. The van der Waals surface area contributed by atoms with Gasteiger partial charge in [0.1, 0.15) is 5.69 Å². The Balaban J connectivity index is 1.57. The van der Waals surface area contributed by atoms with E-state index in [9.17, 15) is 4.79 Å². The Bertz CT molecular complexity index is 868. The molecule has 6 nitrogen and oxygen atoms in total. The highest BCUT2D eigenvalue weighted by Gasteiger charge is 2.44. The number of thiazole rings is 1. The minimum absolute atomic E-state index is 0.0814. The monoisotopic (exact) mass is 358 g/mol. The van der Waals surface area contributed by atoms with Gasteiger partial charge < -0.3 is 9.42 Å². The maximum atomic E-state index is 15.5. The van der Waals surface area contributed by atoms with Crippen LogP contribution in [0.4, 0.5) is 4.39 Å². The van der Waals surface area contributed by atoms with E-state index in [1.165, 1.54) is 16.2 Å². The van der Waals surface area contributed by atoms with Gasteiger partial charge in [0.2, 0.25) is 11.5 Å². The number of aromatic nitrogens is 3. The Morgan fingerprint density at radius 2 is 2.16 bits per heavy atom. The van der Waals surface area contributed by atoms with E-state index in [4.69, 9.17) is 4.52 Å². The molecule has 1 unspecified atom stereocenters. The van der Waals surface area contributed by atoms with Crippen LogP contribution in [0.2, 0.25) is 0 Å². The van der Waals surface area contributed by atoms with Crippen molar-refractivity contribution in [1.29, 1.82) is 0 Å². The number of piperidine rings is 1. The summed E-state index contributed by atoms with van der Waals surface area (Å²) >= 11 is 1.34. The third-order valence-corrected chi connectivity index (χ3v) is 4.81. The van der Waals surface area contributed by atoms with E-state index in [2.05, 4.69) is 15.1 Å². The standard InChI is InChI=1S/C17H15FN4O2S/c18-17(16-20-14(21-24-16)12-5-2-1-3-6-12)7-4-8-22(10-17)15(23)13-9-25-11-19-13/h1-3,5-6,9,11H,4,7-8,10H2. The SMILES string of the molecule is O=C(c1cscn1)N1CCCC(F)(c2nc(-c3ccccc3)no2)C1. The Kier molecular flexibility index (Phi) is 4.04. The number of halogens is 1. The molecule has 0 N–H and O–H groups in total. The number of hydrogen-bond donors (Lipinski definition) is 0. The summed E-state index contributed by atoms with van der Waals surface area (Å²) in [7, 11) is 0. The van der Waals surface area contributed by atoms with Gasteiger partial charge in [-0.15, -0.1) is 11.3 Å². The summed E-state index contributed by atoms with van der Waals surface area (Å²) in [5, 5.41) is 5.55. The largest absolute Gasteiger partial charge is 0.335 e. The minimum Gasteiger partial charge on any atom is -0.335 e. The molecular formula is C17H15FN4O2S. The second-order valence-corrected chi connectivity index (χ2v) is 6.68.